The Morgan fingerprint density at radius 2 is 1.84 bits per heavy atom. The minimum atomic E-state index is -0.860. The molecule has 2 aromatic rings. The predicted molar refractivity (Wildman–Crippen MR) is 74.5 cm³/mol. The molecule has 1 unspecified atom stereocenters. The summed E-state index contributed by atoms with van der Waals surface area (Å²) in [6.07, 6.45) is -0.0490. The Balaban J connectivity index is 2.49. The number of ether oxygens (including phenoxy) is 1. The van der Waals surface area contributed by atoms with Crippen LogP contribution in [-0.2, 0) is 6.42 Å². The quantitative estimate of drug-likeness (QED) is 0.886. The van der Waals surface area contributed by atoms with Crippen molar-refractivity contribution >= 4 is 0 Å². The second-order valence-electron chi connectivity index (χ2n) is 4.40. The number of phenols is 1. The van der Waals surface area contributed by atoms with Crippen LogP contribution in [0.5, 0.6) is 11.5 Å². The fraction of sp³-hybridized carbons (Fsp3) is 0.250. The molecule has 0 aliphatic heterocycles. The van der Waals surface area contributed by atoms with Crippen LogP contribution in [0.15, 0.2) is 42.5 Å². The number of hydrogen-bond acceptors (Lipinski definition) is 3. The summed E-state index contributed by atoms with van der Waals surface area (Å²) in [7, 11) is 1.51. The average Bonchev–Trinajstić information content (AvgIpc) is 2.47. The van der Waals surface area contributed by atoms with Crippen molar-refractivity contribution in [3.63, 3.8) is 0 Å². The molecule has 0 bridgehead atoms. The highest BCUT2D eigenvalue weighted by atomic mass is 16.5. The smallest absolute Gasteiger partial charge is 0.163 e. The lowest BCUT2D eigenvalue weighted by Crippen LogP contribution is -2.02. The van der Waals surface area contributed by atoms with E-state index in [1.54, 1.807) is 6.07 Å². The summed E-state index contributed by atoms with van der Waals surface area (Å²) in [6, 6.07) is 12.9. The maximum atomic E-state index is 10.4. The van der Waals surface area contributed by atoms with Gasteiger partial charge >= 0.3 is 0 Å². The van der Waals surface area contributed by atoms with Crippen LogP contribution in [0, 0.1) is 0 Å². The van der Waals surface area contributed by atoms with Crippen molar-refractivity contribution in [1.82, 2.24) is 0 Å². The van der Waals surface area contributed by atoms with E-state index in [-0.39, 0.29) is 5.75 Å². The van der Waals surface area contributed by atoms with Crippen molar-refractivity contribution in [3.8, 4) is 11.5 Å². The van der Waals surface area contributed by atoms with Crippen LogP contribution in [0.25, 0.3) is 0 Å². The molecule has 2 N–H and O–H groups in total. The first kappa shape index (κ1) is 13.4. The number of hydrogen-bond donors (Lipinski definition) is 2. The number of aliphatic hydroxyl groups excluding tert-OH is 1. The first-order valence-corrected chi connectivity index (χ1v) is 6.30. The molecule has 0 aromatic heterocycles. The zero-order valence-electron chi connectivity index (χ0n) is 11.1. The van der Waals surface area contributed by atoms with Gasteiger partial charge in [0.25, 0.3) is 0 Å². The number of methoxy groups -OCH3 is 1. The summed E-state index contributed by atoms with van der Waals surface area (Å²) in [5, 5.41) is 20.6. The van der Waals surface area contributed by atoms with E-state index in [9.17, 15) is 10.2 Å². The lowest BCUT2D eigenvalue weighted by molar-refractivity contribution is 0.214. The Morgan fingerprint density at radius 1 is 1.16 bits per heavy atom. The van der Waals surface area contributed by atoms with E-state index in [1.807, 2.05) is 43.3 Å². The first-order valence-electron chi connectivity index (χ1n) is 6.30. The fourth-order valence-corrected chi connectivity index (χ4v) is 2.07. The molecular formula is C16H18O3. The zero-order valence-corrected chi connectivity index (χ0v) is 11.1. The Bertz CT molecular complexity index is 549. The highest BCUT2D eigenvalue weighted by molar-refractivity contribution is 5.51. The largest absolute Gasteiger partial charge is 0.504 e. The molecule has 3 nitrogen and oxygen atoms in total. The van der Waals surface area contributed by atoms with Gasteiger partial charge in [-0.1, -0.05) is 37.3 Å². The van der Waals surface area contributed by atoms with Crippen LogP contribution in [0.2, 0.25) is 0 Å². The maximum Gasteiger partial charge on any atom is 0.163 e. The van der Waals surface area contributed by atoms with E-state index < -0.39 is 6.10 Å². The second kappa shape index (κ2) is 5.76. The van der Waals surface area contributed by atoms with Gasteiger partial charge in [-0.25, -0.2) is 0 Å². The minimum absolute atomic E-state index is 0.00365. The van der Waals surface area contributed by atoms with Gasteiger partial charge in [-0.3, -0.25) is 0 Å². The number of aliphatic hydroxyl groups is 1. The van der Waals surface area contributed by atoms with Crippen molar-refractivity contribution in [3.05, 3.63) is 59.2 Å². The molecule has 100 valence electrons. The summed E-state index contributed by atoms with van der Waals surface area (Å²) in [6.45, 7) is 2.02. The molecule has 1 atom stereocenters. The van der Waals surface area contributed by atoms with Gasteiger partial charge in [0.15, 0.2) is 11.5 Å². The molecule has 0 aliphatic carbocycles. The molecule has 0 amide bonds. The zero-order chi connectivity index (χ0) is 13.8. The molecule has 0 aliphatic rings. The molecule has 2 aromatic carbocycles. The molecule has 0 saturated carbocycles. The van der Waals surface area contributed by atoms with Crippen molar-refractivity contribution in [2.75, 3.05) is 7.11 Å². The van der Waals surface area contributed by atoms with Crippen LogP contribution >= 0.6 is 0 Å². The summed E-state index contributed by atoms with van der Waals surface area (Å²) in [5.41, 5.74) is 2.23. The molecule has 0 fully saturated rings. The minimum Gasteiger partial charge on any atom is -0.504 e. The van der Waals surface area contributed by atoms with Crippen LogP contribution in [0.1, 0.15) is 29.7 Å². The van der Waals surface area contributed by atoms with Crippen molar-refractivity contribution in [2.45, 2.75) is 19.4 Å². The number of rotatable bonds is 4. The maximum absolute atomic E-state index is 10.4. The van der Waals surface area contributed by atoms with E-state index in [2.05, 4.69) is 0 Å². The SMILES string of the molecule is CCc1cc(OC)c(O)c(C(O)c2ccccc2)c1. The van der Waals surface area contributed by atoms with Gasteiger partial charge in [0.2, 0.25) is 0 Å². The Morgan fingerprint density at radius 3 is 2.42 bits per heavy atom. The van der Waals surface area contributed by atoms with Crippen molar-refractivity contribution < 1.29 is 14.9 Å². The lowest BCUT2D eigenvalue weighted by Gasteiger charge is -2.16. The number of aryl methyl sites for hydroxylation is 1. The molecule has 19 heavy (non-hydrogen) atoms. The van der Waals surface area contributed by atoms with E-state index >= 15 is 0 Å². The highest BCUT2D eigenvalue weighted by Gasteiger charge is 2.18. The van der Waals surface area contributed by atoms with Crippen LogP contribution in [-0.4, -0.2) is 17.3 Å². The van der Waals surface area contributed by atoms with Gasteiger partial charge in [-0.2, -0.15) is 0 Å². The van der Waals surface area contributed by atoms with Gasteiger partial charge in [0.1, 0.15) is 6.10 Å². The second-order valence-corrected chi connectivity index (χ2v) is 4.40. The van der Waals surface area contributed by atoms with Crippen molar-refractivity contribution in [1.29, 1.82) is 0 Å². The standard InChI is InChI=1S/C16H18O3/c1-3-11-9-13(16(18)14(10-11)19-2)15(17)12-7-5-4-6-8-12/h4-10,15,17-18H,3H2,1-2H3. The van der Waals surface area contributed by atoms with E-state index in [4.69, 9.17) is 4.74 Å². The monoisotopic (exact) mass is 258 g/mol. The molecule has 0 spiro atoms. The average molecular weight is 258 g/mol. The van der Waals surface area contributed by atoms with Gasteiger partial charge in [-0.15, -0.1) is 0 Å². The summed E-state index contributed by atoms with van der Waals surface area (Å²) in [4.78, 5) is 0. The first-order chi connectivity index (χ1) is 9.17. The topological polar surface area (TPSA) is 49.7 Å². The van der Waals surface area contributed by atoms with E-state index in [1.165, 1.54) is 7.11 Å². The normalized spacial score (nSPS) is 12.2. The number of benzene rings is 2. The van der Waals surface area contributed by atoms with Crippen LogP contribution in [0.4, 0.5) is 0 Å². The molecule has 0 saturated heterocycles. The van der Waals surface area contributed by atoms with Crippen LogP contribution < -0.4 is 4.74 Å². The van der Waals surface area contributed by atoms with E-state index in [0.29, 0.717) is 11.3 Å². The molecule has 0 radical (unpaired) electrons. The highest BCUT2D eigenvalue weighted by Crippen LogP contribution is 2.37. The molecular weight excluding hydrogens is 240 g/mol. The predicted octanol–water partition coefficient (Wildman–Crippen LogP) is 3.04. The number of aromatic hydroxyl groups is 1. The molecule has 0 heterocycles. The van der Waals surface area contributed by atoms with Crippen molar-refractivity contribution in [2.24, 2.45) is 0 Å². The fourth-order valence-electron chi connectivity index (χ4n) is 2.07. The lowest BCUT2D eigenvalue weighted by atomic mass is 9.97. The Hall–Kier alpha value is -2.00. The van der Waals surface area contributed by atoms with E-state index in [0.717, 1.165) is 17.5 Å². The van der Waals surface area contributed by atoms with Crippen LogP contribution in [0.3, 0.4) is 0 Å². The van der Waals surface area contributed by atoms with Gasteiger partial charge in [-0.05, 0) is 29.7 Å². The summed E-state index contributed by atoms with van der Waals surface area (Å²) >= 11 is 0. The van der Waals surface area contributed by atoms with Gasteiger partial charge in [0.05, 0.1) is 7.11 Å². The van der Waals surface area contributed by atoms with Gasteiger partial charge < -0.3 is 14.9 Å². The Labute approximate surface area is 113 Å². The third-order valence-electron chi connectivity index (χ3n) is 3.20. The third kappa shape index (κ3) is 2.71. The molecule has 3 heteroatoms. The molecule has 2 rings (SSSR count). The third-order valence-corrected chi connectivity index (χ3v) is 3.20. The Kier molecular flexibility index (Phi) is 4.07. The summed E-state index contributed by atoms with van der Waals surface area (Å²) in [5.74, 6) is 0.389. The number of phenolic OH excluding ortho intramolecular Hbond substituents is 1. The summed E-state index contributed by atoms with van der Waals surface area (Å²) < 4.78 is 5.15. The van der Waals surface area contributed by atoms with Gasteiger partial charge in [0, 0.05) is 5.56 Å².